The summed E-state index contributed by atoms with van der Waals surface area (Å²) in [5.41, 5.74) is 0.729. The third kappa shape index (κ3) is 3.87. The van der Waals surface area contributed by atoms with E-state index in [0.717, 1.165) is 31.4 Å². The Morgan fingerprint density at radius 1 is 1.47 bits per heavy atom. The molecule has 2 unspecified atom stereocenters. The Balaban J connectivity index is 1.89. The third-order valence-corrected chi connectivity index (χ3v) is 3.48. The van der Waals surface area contributed by atoms with Crippen LogP contribution in [0.2, 0.25) is 0 Å². The highest BCUT2D eigenvalue weighted by Gasteiger charge is 2.22. The van der Waals surface area contributed by atoms with E-state index in [-0.39, 0.29) is 11.9 Å². The Bertz CT molecular complexity index is 447. The zero-order chi connectivity index (χ0) is 13.5. The molecule has 2 rings (SSSR count). The minimum Gasteiger partial charge on any atom is -0.378 e. The monoisotopic (exact) mass is 258 g/mol. The van der Waals surface area contributed by atoms with Crippen LogP contribution < -0.4 is 0 Å². The molecule has 2 heterocycles. The molecule has 0 saturated carbocycles. The van der Waals surface area contributed by atoms with Crippen molar-refractivity contribution in [2.24, 2.45) is 0 Å². The van der Waals surface area contributed by atoms with Crippen LogP contribution in [0.1, 0.15) is 43.6 Å². The molecule has 2 atom stereocenters. The summed E-state index contributed by atoms with van der Waals surface area (Å²) in [7, 11) is 0. The molecule has 19 heavy (non-hydrogen) atoms. The lowest BCUT2D eigenvalue weighted by Crippen LogP contribution is -2.21. The van der Waals surface area contributed by atoms with E-state index < -0.39 is 5.92 Å². The van der Waals surface area contributed by atoms with E-state index in [9.17, 15) is 4.79 Å². The molecule has 1 saturated heterocycles. The van der Waals surface area contributed by atoms with E-state index in [2.05, 4.69) is 11.1 Å². The van der Waals surface area contributed by atoms with Crippen LogP contribution in [0.25, 0.3) is 0 Å². The normalized spacial score (nSPS) is 20.5. The molecule has 1 aromatic rings. The first-order chi connectivity index (χ1) is 9.31. The highest BCUT2D eigenvalue weighted by atomic mass is 16.5. The van der Waals surface area contributed by atoms with Gasteiger partial charge in [-0.15, -0.1) is 0 Å². The van der Waals surface area contributed by atoms with Crippen LogP contribution in [0.5, 0.6) is 0 Å². The lowest BCUT2D eigenvalue weighted by Gasteiger charge is -2.22. The van der Waals surface area contributed by atoms with Gasteiger partial charge in [0.1, 0.15) is 5.92 Å². The van der Waals surface area contributed by atoms with Gasteiger partial charge >= 0.3 is 0 Å². The van der Waals surface area contributed by atoms with Crippen molar-refractivity contribution in [2.45, 2.75) is 44.1 Å². The first kappa shape index (κ1) is 13.7. The Morgan fingerprint density at radius 3 is 2.89 bits per heavy atom. The van der Waals surface area contributed by atoms with Crippen molar-refractivity contribution < 1.29 is 9.53 Å². The van der Waals surface area contributed by atoms with Crippen molar-refractivity contribution >= 4 is 5.78 Å². The summed E-state index contributed by atoms with van der Waals surface area (Å²) < 4.78 is 5.60. The van der Waals surface area contributed by atoms with Crippen LogP contribution in [0.4, 0.5) is 0 Å². The average Bonchev–Trinajstić information content (AvgIpc) is 2.48. The summed E-state index contributed by atoms with van der Waals surface area (Å²) in [6.07, 6.45) is 7.85. The molecule has 100 valence electrons. The molecule has 1 aliphatic rings. The van der Waals surface area contributed by atoms with Crippen LogP contribution in [-0.4, -0.2) is 23.5 Å². The topological polar surface area (TPSA) is 63.0 Å². The molecule has 1 aliphatic heterocycles. The second kappa shape index (κ2) is 7.01. The summed E-state index contributed by atoms with van der Waals surface area (Å²) in [6, 6.07) is 5.54. The zero-order valence-corrected chi connectivity index (χ0v) is 10.9. The smallest absolute Gasteiger partial charge is 0.154 e. The number of nitrogens with zero attached hydrogens (tertiary/aromatic N) is 2. The van der Waals surface area contributed by atoms with Crippen LogP contribution in [0.15, 0.2) is 24.5 Å². The van der Waals surface area contributed by atoms with Crippen LogP contribution in [0, 0.1) is 11.3 Å². The van der Waals surface area contributed by atoms with Crippen molar-refractivity contribution in [2.75, 3.05) is 6.61 Å². The standard InChI is InChI=1S/C15H18N2O2/c16-11-14(12-6-8-17-9-7-12)15(18)5-4-13-3-1-2-10-19-13/h6-9,13-14H,1-5,10H2. The van der Waals surface area contributed by atoms with Gasteiger partial charge in [-0.3, -0.25) is 9.78 Å². The fourth-order valence-electron chi connectivity index (χ4n) is 2.37. The lowest BCUT2D eigenvalue weighted by atomic mass is 9.92. The van der Waals surface area contributed by atoms with Gasteiger partial charge in [0.2, 0.25) is 0 Å². The second-order valence-electron chi connectivity index (χ2n) is 4.84. The third-order valence-electron chi connectivity index (χ3n) is 3.48. The number of ether oxygens (including phenoxy) is 1. The maximum absolute atomic E-state index is 12.1. The minimum atomic E-state index is -0.674. The van der Waals surface area contributed by atoms with Crippen molar-refractivity contribution in [3.63, 3.8) is 0 Å². The summed E-state index contributed by atoms with van der Waals surface area (Å²) in [6.45, 7) is 0.797. The van der Waals surface area contributed by atoms with Gasteiger partial charge < -0.3 is 4.74 Å². The molecule has 1 aromatic heterocycles. The predicted molar refractivity (Wildman–Crippen MR) is 70.4 cm³/mol. The van der Waals surface area contributed by atoms with Gasteiger partial charge in [0.15, 0.2) is 5.78 Å². The molecule has 0 N–H and O–H groups in total. The number of ketones is 1. The van der Waals surface area contributed by atoms with Crippen LogP contribution >= 0.6 is 0 Å². The highest BCUT2D eigenvalue weighted by molar-refractivity contribution is 5.88. The van der Waals surface area contributed by atoms with Crippen molar-refractivity contribution in [1.82, 2.24) is 4.98 Å². The number of carbonyl (C=O) groups is 1. The van der Waals surface area contributed by atoms with Gasteiger partial charge in [0.05, 0.1) is 12.2 Å². The maximum Gasteiger partial charge on any atom is 0.154 e. The van der Waals surface area contributed by atoms with E-state index in [1.165, 1.54) is 6.42 Å². The average molecular weight is 258 g/mol. The van der Waals surface area contributed by atoms with E-state index in [1.807, 2.05) is 0 Å². The van der Waals surface area contributed by atoms with Gasteiger partial charge in [0.25, 0.3) is 0 Å². The molecule has 4 nitrogen and oxygen atoms in total. The number of hydrogen-bond donors (Lipinski definition) is 0. The van der Waals surface area contributed by atoms with Gasteiger partial charge in [-0.05, 0) is 43.4 Å². The summed E-state index contributed by atoms with van der Waals surface area (Å²) in [5.74, 6) is -0.700. The molecular weight excluding hydrogens is 240 g/mol. The fraction of sp³-hybridized carbons (Fsp3) is 0.533. The van der Waals surface area contributed by atoms with Crippen molar-refractivity contribution in [3.05, 3.63) is 30.1 Å². The van der Waals surface area contributed by atoms with Gasteiger partial charge in [0, 0.05) is 25.4 Å². The molecular formula is C15H18N2O2. The van der Waals surface area contributed by atoms with E-state index in [0.29, 0.717) is 6.42 Å². The Hall–Kier alpha value is -1.73. The van der Waals surface area contributed by atoms with Crippen molar-refractivity contribution in [1.29, 1.82) is 5.26 Å². The van der Waals surface area contributed by atoms with Gasteiger partial charge in [-0.25, -0.2) is 0 Å². The number of nitriles is 1. The minimum absolute atomic E-state index is 0.0251. The second-order valence-corrected chi connectivity index (χ2v) is 4.84. The summed E-state index contributed by atoms with van der Waals surface area (Å²) in [5, 5.41) is 9.16. The fourth-order valence-corrected chi connectivity index (χ4v) is 2.37. The van der Waals surface area contributed by atoms with E-state index in [4.69, 9.17) is 10.00 Å². The Kier molecular flexibility index (Phi) is 5.05. The molecule has 0 aliphatic carbocycles. The van der Waals surface area contributed by atoms with Crippen LogP contribution in [0.3, 0.4) is 0 Å². The van der Waals surface area contributed by atoms with Gasteiger partial charge in [-0.1, -0.05) is 0 Å². The molecule has 1 fully saturated rings. The zero-order valence-electron chi connectivity index (χ0n) is 10.9. The molecule has 0 amide bonds. The number of rotatable bonds is 5. The Labute approximate surface area is 113 Å². The molecule has 0 spiro atoms. The summed E-state index contributed by atoms with van der Waals surface area (Å²) >= 11 is 0. The molecule has 0 radical (unpaired) electrons. The van der Waals surface area contributed by atoms with Crippen LogP contribution in [-0.2, 0) is 9.53 Å². The molecule has 0 aromatic carbocycles. The highest BCUT2D eigenvalue weighted by Crippen LogP contribution is 2.21. The van der Waals surface area contributed by atoms with E-state index in [1.54, 1.807) is 24.5 Å². The quantitative estimate of drug-likeness (QED) is 0.814. The molecule has 4 heteroatoms. The lowest BCUT2D eigenvalue weighted by molar-refractivity contribution is -0.120. The first-order valence-electron chi connectivity index (χ1n) is 6.75. The number of aromatic nitrogens is 1. The summed E-state index contributed by atoms with van der Waals surface area (Å²) in [4.78, 5) is 16.0. The number of pyridine rings is 1. The largest absolute Gasteiger partial charge is 0.378 e. The van der Waals surface area contributed by atoms with Gasteiger partial charge in [-0.2, -0.15) is 5.26 Å². The van der Waals surface area contributed by atoms with Crippen molar-refractivity contribution in [3.8, 4) is 6.07 Å². The predicted octanol–water partition coefficient (Wildman–Crippen LogP) is 2.61. The number of hydrogen-bond acceptors (Lipinski definition) is 4. The Morgan fingerprint density at radius 2 is 2.26 bits per heavy atom. The van der Waals surface area contributed by atoms with E-state index >= 15 is 0 Å². The number of Topliss-reactive ketones (excluding diaryl/α,β-unsaturated/α-hetero) is 1. The number of carbonyl (C=O) groups excluding carboxylic acids is 1. The molecule has 0 bridgehead atoms. The first-order valence-corrected chi connectivity index (χ1v) is 6.75. The SMILES string of the molecule is N#CC(C(=O)CCC1CCCCO1)c1ccncc1. The maximum atomic E-state index is 12.1.